The van der Waals surface area contributed by atoms with Gasteiger partial charge in [0.05, 0.1) is 16.5 Å². The molecule has 7 nitrogen and oxygen atoms in total. The van der Waals surface area contributed by atoms with Gasteiger partial charge in [0.25, 0.3) is 0 Å². The minimum absolute atomic E-state index is 0.0611. The number of hydrogen-bond donors (Lipinski definition) is 3. The molecule has 0 amide bonds. The summed E-state index contributed by atoms with van der Waals surface area (Å²) < 4.78 is 25.8. The normalized spacial score (nSPS) is 14.0. The van der Waals surface area contributed by atoms with Crippen molar-refractivity contribution in [2.75, 3.05) is 5.88 Å². The zero-order valence-corrected chi connectivity index (χ0v) is 12.1. The Labute approximate surface area is 121 Å². The number of nitrogens with one attached hydrogen (secondary N) is 1. The van der Waals surface area contributed by atoms with E-state index in [9.17, 15) is 13.2 Å². The van der Waals surface area contributed by atoms with Crippen molar-refractivity contribution in [2.24, 2.45) is 10.7 Å². The third kappa shape index (κ3) is 4.48. The van der Waals surface area contributed by atoms with Gasteiger partial charge >= 0.3 is 5.97 Å². The first kappa shape index (κ1) is 16.4. The van der Waals surface area contributed by atoms with Crippen LogP contribution in [0.3, 0.4) is 0 Å². The van der Waals surface area contributed by atoms with E-state index >= 15 is 0 Å². The lowest BCUT2D eigenvalue weighted by Crippen LogP contribution is -2.38. The second kappa shape index (κ2) is 6.69. The number of carboxylic acids is 1. The number of benzene rings is 1. The van der Waals surface area contributed by atoms with Crippen LogP contribution < -0.4 is 10.5 Å². The number of nitrogens with zero attached hydrogens (tertiary/aromatic N) is 1. The van der Waals surface area contributed by atoms with Crippen LogP contribution in [0.2, 0.25) is 0 Å². The van der Waals surface area contributed by atoms with Gasteiger partial charge in [-0.05, 0) is 31.2 Å². The van der Waals surface area contributed by atoms with Crippen LogP contribution in [0.5, 0.6) is 0 Å². The first-order valence-electron chi connectivity index (χ1n) is 5.50. The monoisotopic (exact) mass is 319 g/mol. The van der Waals surface area contributed by atoms with Crippen molar-refractivity contribution < 1.29 is 18.3 Å². The van der Waals surface area contributed by atoms with Crippen molar-refractivity contribution in [3.63, 3.8) is 0 Å². The van der Waals surface area contributed by atoms with E-state index in [1.54, 1.807) is 0 Å². The second-order valence-corrected chi connectivity index (χ2v) is 5.89. The molecule has 9 heteroatoms. The molecule has 110 valence electrons. The van der Waals surface area contributed by atoms with Crippen LogP contribution in [0, 0.1) is 0 Å². The average molecular weight is 320 g/mol. The van der Waals surface area contributed by atoms with Crippen LogP contribution in [0.25, 0.3) is 0 Å². The molecule has 0 bridgehead atoms. The van der Waals surface area contributed by atoms with Crippen LogP contribution in [-0.4, -0.2) is 37.3 Å². The van der Waals surface area contributed by atoms with Crippen molar-refractivity contribution in [2.45, 2.75) is 17.9 Å². The van der Waals surface area contributed by atoms with Gasteiger partial charge in [-0.2, -0.15) is 4.72 Å². The first-order chi connectivity index (χ1) is 9.26. The molecule has 1 aromatic rings. The quantitative estimate of drug-likeness (QED) is 0.404. The Kier molecular flexibility index (Phi) is 5.49. The fraction of sp³-hybridized carbons (Fsp3) is 0.273. The lowest BCUT2D eigenvalue weighted by molar-refractivity contribution is -0.138. The Balaban J connectivity index is 2.95. The van der Waals surface area contributed by atoms with Gasteiger partial charge in [0, 0.05) is 0 Å². The van der Waals surface area contributed by atoms with E-state index in [4.69, 9.17) is 22.4 Å². The largest absolute Gasteiger partial charge is 0.480 e. The molecule has 4 N–H and O–H groups in total. The van der Waals surface area contributed by atoms with Gasteiger partial charge in [0.1, 0.15) is 11.9 Å². The number of rotatable bonds is 6. The van der Waals surface area contributed by atoms with E-state index in [0.29, 0.717) is 5.69 Å². The number of alkyl halides is 1. The molecule has 0 aliphatic rings. The Hall–Kier alpha value is -1.64. The van der Waals surface area contributed by atoms with E-state index in [0.717, 1.165) is 0 Å². The summed E-state index contributed by atoms with van der Waals surface area (Å²) in [6.45, 7) is 1.24. The lowest BCUT2D eigenvalue weighted by atomic mass is 10.3. The van der Waals surface area contributed by atoms with Crippen molar-refractivity contribution >= 4 is 39.1 Å². The van der Waals surface area contributed by atoms with Gasteiger partial charge in [0.2, 0.25) is 10.0 Å². The third-order valence-electron chi connectivity index (χ3n) is 2.26. The maximum atomic E-state index is 11.9. The minimum Gasteiger partial charge on any atom is -0.480 e. The Bertz CT molecular complexity index is 613. The number of carbonyl (C=O) groups is 1. The van der Waals surface area contributed by atoms with Crippen molar-refractivity contribution in [3.8, 4) is 0 Å². The fourth-order valence-electron chi connectivity index (χ4n) is 1.25. The van der Waals surface area contributed by atoms with Gasteiger partial charge < -0.3 is 10.8 Å². The summed E-state index contributed by atoms with van der Waals surface area (Å²) in [6, 6.07) is 4.28. The number of carboxylic acid groups (broad SMARTS) is 1. The average Bonchev–Trinajstić information content (AvgIpc) is 2.38. The fourth-order valence-corrected chi connectivity index (χ4v) is 2.50. The minimum atomic E-state index is -3.89. The van der Waals surface area contributed by atoms with E-state index in [1.807, 2.05) is 4.72 Å². The van der Waals surface area contributed by atoms with Crippen molar-refractivity contribution in [3.05, 3.63) is 24.3 Å². The highest BCUT2D eigenvalue weighted by Crippen LogP contribution is 2.16. The summed E-state index contributed by atoms with van der Waals surface area (Å²) in [4.78, 5) is 14.5. The summed E-state index contributed by atoms with van der Waals surface area (Å²) in [5.41, 5.74) is 5.90. The Morgan fingerprint density at radius 2 is 2.00 bits per heavy atom. The van der Waals surface area contributed by atoms with Gasteiger partial charge in [0.15, 0.2) is 0 Å². The zero-order valence-electron chi connectivity index (χ0n) is 10.6. The molecule has 0 aliphatic heterocycles. The summed E-state index contributed by atoms with van der Waals surface area (Å²) >= 11 is 5.48. The zero-order chi connectivity index (χ0) is 15.3. The standard InChI is InChI=1S/C11H14ClN3O4S/c1-7(11(16)17)15-20(18,19)9-4-2-8(3-5-9)14-10(13)6-12/h2-5,7,15H,6H2,1H3,(H2,13,14)(H,16,17). The highest BCUT2D eigenvalue weighted by atomic mass is 35.5. The molecule has 1 aromatic carbocycles. The highest BCUT2D eigenvalue weighted by molar-refractivity contribution is 7.89. The van der Waals surface area contributed by atoms with Gasteiger partial charge in [-0.3, -0.25) is 4.79 Å². The number of aliphatic carboxylic acids is 1. The van der Waals surface area contributed by atoms with E-state index in [1.165, 1.54) is 31.2 Å². The van der Waals surface area contributed by atoms with Crippen LogP contribution in [-0.2, 0) is 14.8 Å². The summed E-state index contributed by atoms with van der Waals surface area (Å²) in [6.07, 6.45) is 0. The maximum absolute atomic E-state index is 11.9. The molecule has 0 radical (unpaired) electrons. The third-order valence-corrected chi connectivity index (χ3v) is 4.09. The molecule has 1 rings (SSSR count). The van der Waals surface area contributed by atoms with Gasteiger partial charge in [-0.25, -0.2) is 13.4 Å². The highest BCUT2D eigenvalue weighted by Gasteiger charge is 2.21. The molecular weight excluding hydrogens is 306 g/mol. The first-order valence-corrected chi connectivity index (χ1v) is 7.52. The SMILES string of the molecule is CC(NS(=O)(=O)c1ccc(N=C(N)CCl)cc1)C(=O)O. The van der Waals surface area contributed by atoms with Crippen LogP contribution in [0.15, 0.2) is 34.2 Å². The summed E-state index contributed by atoms with van der Waals surface area (Å²) in [5, 5.41) is 8.69. The number of nitrogens with two attached hydrogens (primary N) is 1. The number of amidine groups is 1. The smallest absolute Gasteiger partial charge is 0.321 e. The van der Waals surface area contributed by atoms with Crippen molar-refractivity contribution in [1.29, 1.82) is 0 Å². The second-order valence-electron chi connectivity index (χ2n) is 3.91. The van der Waals surface area contributed by atoms with Crippen LogP contribution >= 0.6 is 11.6 Å². The van der Waals surface area contributed by atoms with Gasteiger partial charge in [-0.1, -0.05) is 0 Å². The van der Waals surface area contributed by atoms with Crippen LogP contribution in [0.1, 0.15) is 6.92 Å². The van der Waals surface area contributed by atoms with E-state index in [-0.39, 0.29) is 16.6 Å². The molecule has 0 fully saturated rings. The molecule has 1 atom stereocenters. The molecule has 1 unspecified atom stereocenters. The van der Waals surface area contributed by atoms with E-state index in [2.05, 4.69) is 4.99 Å². The van der Waals surface area contributed by atoms with Crippen molar-refractivity contribution in [1.82, 2.24) is 4.72 Å². The van der Waals surface area contributed by atoms with Crippen LogP contribution in [0.4, 0.5) is 5.69 Å². The molecule has 0 heterocycles. The Morgan fingerprint density at radius 1 is 1.45 bits per heavy atom. The number of aliphatic imine (C=N–C) groups is 1. The predicted molar refractivity (Wildman–Crippen MR) is 75.9 cm³/mol. The van der Waals surface area contributed by atoms with E-state index < -0.39 is 22.0 Å². The number of hydrogen-bond acceptors (Lipinski definition) is 4. The summed E-state index contributed by atoms with van der Waals surface area (Å²) in [7, 11) is -3.89. The Morgan fingerprint density at radius 3 is 2.45 bits per heavy atom. The molecular formula is C11H14ClN3O4S. The maximum Gasteiger partial charge on any atom is 0.321 e. The predicted octanol–water partition coefficient (Wildman–Crippen LogP) is 0.665. The topological polar surface area (TPSA) is 122 Å². The molecule has 0 aromatic heterocycles. The lowest BCUT2D eigenvalue weighted by Gasteiger charge is -2.10. The molecule has 0 saturated carbocycles. The molecule has 0 aliphatic carbocycles. The molecule has 0 saturated heterocycles. The molecule has 20 heavy (non-hydrogen) atoms. The molecule has 0 spiro atoms. The summed E-state index contributed by atoms with van der Waals surface area (Å²) in [5.74, 6) is -0.984. The number of halogens is 1. The van der Waals surface area contributed by atoms with Gasteiger partial charge in [-0.15, -0.1) is 11.6 Å². The number of sulfonamides is 1.